The molecule has 23 heavy (non-hydrogen) atoms. The highest BCUT2D eigenvalue weighted by atomic mass is 32.1. The fourth-order valence-electron chi connectivity index (χ4n) is 3.02. The van der Waals surface area contributed by atoms with Crippen LogP contribution in [-0.2, 0) is 4.79 Å². The number of likely N-dealkylation sites (tertiary alicyclic amines) is 1. The number of amides is 1. The Morgan fingerprint density at radius 3 is 3.09 bits per heavy atom. The molecule has 1 saturated heterocycles. The van der Waals surface area contributed by atoms with E-state index >= 15 is 0 Å². The first-order valence-electron chi connectivity index (χ1n) is 7.67. The Kier molecular flexibility index (Phi) is 4.51. The van der Waals surface area contributed by atoms with E-state index in [9.17, 15) is 10.1 Å². The number of nitriles is 1. The van der Waals surface area contributed by atoms with Gasteiger partial charge in [-0.1, -0.05) is 6.07 Å². The number of anilines is 1. The van der Waals surface area contributed by atoms with E-state index in [0.29, 0.717) is 23.9 Å². The van der Waals surface area contributed by atoms with Gasteiger partial charge in [-0.3, -0.25) is 15.0 Å². The van der Waals surface area contributed by atoms with Crippen LogP contribution in [0.4, 0.5) is 5.88 Å². The van der Waals surface area contributed by atoms with Gasteiger partial charge in [0.2, 0.25) is 11.8 Å². The lowest BCUT2D eigenvalue weighted by Crippen LogP contribution is -2.32. The first-order valence-corrected chi connectivity index (χ1v) is 8.55. The standard InChI is InChI=1S/C17H19N3O2S/c1-11-12(2)22-17(13(11)9-18)19-16(21)10-20-7-3-5-14(20)15-6-4-8-23-15/h4,6,8,14H,3,5,7,10H2,1-2H3,(H,19,21). The molecule has 5 nitrogen and oxygen atoms in total. The van der Waals surface area contributed by atoms with E-state index in [1.54, 1.807) is 18.3 Å². The number of hydrogen-bond donors (Lipinski definition) is 1. The van der Waals surface area contributed by atoms with E-state index in [0.717, 1.165) is 24.9 Å². The van der Waals surface area contributed by atoms with Gasteiger partial charge < -0.3 is 4.42 Å². The van der Waals surface area contributed by atoms with Gasteiger partial charge >= 0.3 is 0 Å². The Balaban J connectivity index is 1.68. The maximum Gasteiger partial charge on any atom is 0.240 e. The summed E-state index contributed by atoms with van der Waals surface area (Å²) < 4.78 is 5.50. The van der Waals surface area contributed by atoms with Crippen molar-refractivity contribution in [3.05, 3.63) is 39.3 Å². The van der Waals surface area contributed by atoms with Gasteiger partial charge in [0.05, 0.1) is 6.54 Å². The minimum absolute atomic E-state index is 0.140. The van der Waals surface area contributed by atoms with Crippen molar-refractivity contribution < 1.29 is 9.21 Å². The van der Waals surface area contributed by atoms with Crippen molar-refractivity contribution in [2.24, 2.45) is 0 Å². The molecule has 1 atom stereocenters. The minimum Gasteiger partial charge on any atom is -0.444 e. The van der Waals surface area contributed by atoms with Crippen molar-refractivity contribution in [3.8, 4) is 6.07 Å². The molecule has 1 unspecified atom stereocenters. The summed E-state index contributed by atoms with van der Waals surface area (Å²) >= 11 is 1.73. The fourth-order valence-corrected chi connectivity index (χ4v) is 3.91. The third-order valence-electron chi connectivity index (χ3n) is 4.33. The molecule has 1 fully saturated rings. The van der Waals surface area contributed by atoms with Crippen molar-refractivity contribution in [1.29, 1.82) is 5.26 Å². The van der Waals surface area contributed by atoms with Crippen molar-refractivity contribution in [1.82, 2.24) is 4.90 Å². The van der Waals surface area contributed by atoms with E-state index in [4.69, 9.17) is 4.42 Å². The van der Waals surface area contributed by atoms with Crippen molar-refractivity contribution in [2.45, 2.75) is 32.7 Å². The summed E-state index contributed by atoms with van der Waals surface area (Å²) in [6.45, 7) is 4.84. The topological polar surface area (TPSA) is 69.3 Å². The van der Waals surface area contributed by atoms with E-state index in [2.05, 4.69) is 27.7 Å². The minimum atomic E-state index is -0.140. The average Bonchev–Trinajstić information content (AvgIpc) is 3.21. The van der Waals surface area contributed by atoms with Crippen LogP contribution in [0.2, 0.25) is 0 Å². The molecule has 1 aliphatic rings. The SMILES string of the molecule is Cc1oc(NC(=O)CN2CCCC2c2cccs2)c(C#N)c1C. The maximum absolute atomic E-state index is 12.4. The highest BCUT2D eigenvalue weighted by Crippen LogP contribution is 2.34. The summed E-state index contributed by atoms with van der Waals surface area (Å²) in [6.07, 6.45) is 2.18. The molecule has 2 aromatic heterocycles. The van der Waals surface area contributed by atoms with Crippen LogP contribution in [0.1, 0.15) is 40.6 Å². The fraction of sp³-hybridized carbons (Fsp3) is 0.412. The van der Waals surface area contributed by atoms with Crippen molar-refractivity contribution >= 4 is 23.1 Å². The zero-order valence-electron chi connectivity index (χ0n) is 13.3. The van der Waals surface area contributed by atoms with E-state index in [1.807, 2.05) is 13.0 Å². The first-order chi connectivity index (χ1) is 11.1. The molecule has 120 valence electrons. The van der Waals surface area contributed by atoms with Gasteiger partial charge in [0.1, 0.15) is 17.4 Å². The van der Waals surface area contributed by atoms with Gasteiger partial charge in [0, 0.05) is 16.5 Å². The Morgan fingerprint density at radius 2 is 2.39 bits per heavy atom. The molecule has 1 aliphatic heterocycles. The zero-order valence-corrected chi connectivity index (χ0v) is 14.1. The van der Waals surface area contributed by atoms with Crippen LogP contribution in [0.3, 0.4) is 0 Å². The second-order valence-corrected chi connectivity index (χ2v) is 6.77. The highest BCUT2D eigenvalue weighted by Gasteiger charge is 2.28. The van der Waals surface area contributed by atoms with E-state index < -0.39 is 0 Å². The third-order valence-corrected chi connectivity index (χ3v) is 5.31. The number of furan rings is 1. The maximum atomic E-state index is 12.4. The van der Waals surface area contributed by atoms with Gasteiger partial charge in [-0.25, -0.2) is 0 Å². The smallest absolute Gasteiger partial charge is 0.240 e. The Labute approximate surface area is 139 Å². The van der Waals surface area contributed by atoms with Crippen molar-refractivity contribution in [3.63, 3.8) is 0 Å². The second kappa shape index (κ2) is 6.57. The van der Waals surface area contributed by atoms with Gasteiger partial charge in [-0.15, -0.1) is 11.3 Å². The lowest BCUT2D eigenvalue weighted by molar-refractivity contribution is -0.117. The highest BCUT2D eigenvalue weighted by molar-refractivity contribution is 7.10. The summed E-state index contributed by atoms with van der Waals surface area (Å²) in [5.41, 5.74) is 1.19. The van der Waals surface area contributed by atoms with Crippen LogP contribution in [0.5, 0.6) is 0 Å². The molecule has 3 rings (SSSR count). The average molecular weight is 329 g/mol. The molecule has 3 heterocycles. The summed E-state index contributed by atoms with van der Waals surface area (Å²) in [6, 6.07) is 6.58. The molecule has 0 radical (unpaired) electrons. The number of nitrogens with one attached hydrogen (secondary N) is 1. The molecule has 0 bridgehead atoms. The number of hydrogen-bond acceptors (Lipinski definition) is 5. The molecule has 0 aromatic carbocycles. The molecule has 6 heteroatoms. The molecule has 0 aliphatic carbocycles. The second-order valence-electron chi connectivity index (χ2n) is 5.79. The normalized spacial score (nSPS) is 18.0. The Morgan fingerprint density at radius 1 is 1.57 bits per heavy atom. The van der Waals surface area contributed by atoms with Crippen LogP contribution in [0, 0.1) is 25.2 Å². The van der Waals surface area contributed by atoms with Crippen LogP contribution >= 0.6 is 11.3 Å². The number of aryl methyl sites for hydroxylation is 1. The Hall–Kier alpha value is -2.10. The monoisotopic (exact) mass is 329 g/mol. The predicted molar refractivity (Wildman–Crippen MR) is 89.4 cm³/mol. The van der Waals surface area contributed by atoms with Crippen LogP contribution in [0.25, 0.3) is 0 Å². The molecular formula is C17H19N3O2S. The zero-order chi connectivity index (χ0) is 16.4. The number of thiophene rings is 1. The summed E-state index contributed by atoms with van der Waals surface area (Å²) in [4.78, 5) is 15.8. The van der Waals surface area contributed by atoms with Gasteiger partial charge in [-0.05, 0) is 44.7 Å². The molecule has 0 saturated carbocycles. The molecule has 0 spiro atoms. The molecular weight excluding hydrogens is 310 g/mol. The molecule has 2 aromatic rings. The van der Waals surface area contributed by atoms with Crippen LogP contribution in [0.15, 0.2) is 21.9 Å². The number of carbonyl (C=O) groups excluding carboxylic acids is 1. The number of rotatable bonds is 4. The molecule has 1 N–H and O–H groups in total. The number of nitrogens with zero attached hydrogens (tertiary/aromatic N) is 2. The number of carbonyl (C=O) groups is 1. The third kappa shape index (κ3) is 3.16. The molecule has 1 amide bonds. The lowest BCUT2D eigenvalue weighted by Gasteiger charge is -2.22. The van der Waals surface area contributed by atoms with E-state index in [1.165, 1.54) is 4.88 Å². The van der Waals surface area contributed by atoms with Gasteiger partial charge in [-0.2, -0.15) is 5.26 Å². The summed E-state index contributed by atoms with van der Waals surface area (Å²) in [7, 11) is 0. The van der Waals surface area contributed by atoms with E-state index in [-0.39, 0.29) is 11.8 Å². The lowest BCUT2D eigenvalue weighted by atomic mass is 10.2. The van der Waals surface area contributed by atoms with Gasteiger partial charge in [0.15, 0.2) is 0 Å². The quantitative estimate of drug-likeness (QED) is 0.930. The summed E-state index contributed by atoms with van der Waals surface area (Å²) in [5.74, 6) is 0.785. The van der Waals surface area contributed by atoms with Crippen molar-refractivity contribution in [2.75, 3.05) is 18.4 Å². The predicted octanol–water partition coefficient (Wildman–Crippen LogP) is 3.61. The largest absolute Gasteiger partial charge is 0.444 e. The van der Waals surface area contributed by atoms with Crippen LogP contribution < -0.4 is 5.32 Å². The Bertz CT molecular complexity index is 743. The first kappa shape index (κ1) is 15.8. The summed E-state index contributed by atoms with van der Waals surface area (Å²) in [5, 5.41) is 14.0. The van der Waals surface area contributed by atoms with Gasteiger partial charge in [0.25, 0.3) is 0 Å². The van der Waals surface area contributed by atoms with Crippen LogP contribution in [-0.4, -0.2) is 23.9 Å².